The van der Waals surface area contributed by atoms with Gasteiger partial charge in [0.25, 0.3) is 5.69 Å². The van der Waals surface area contributed by atoms with Gasteiger partial charge in [-0.25, -0.2) is 4.98 Å². The maximum atomic E-state index is 11.1. The monoisotopic (exact) mass is 285 g/mol. The number of nitrogens with one attached hydrogen (secondary N) is 1. The van der Waals surface area contributed by atoms with Crippen LogP contribution >= 0.6 is 0 Å². The molecule has 0 aliphatic heterocycles. The van der Waals surface area contributed by atoms with E-state index in [0.717, 1.165) is 23.5 Å². The molecule has 0 unspecified atom stereocenters. The van der Waals surface area contributed by atoms with Crippen LogP contribution in [0.3, 0.4) is 0 Å². The predicted molar refractivity (Wildman–Crippen MR) is 83.5 cm³/mol. The number of hydrogen-bond donors (Lipinski definition) is 1. The highest BCUT2D eigenvalue weighted by Crippen LogP contribution is 2.30. The topological polar surface area (TPSA) is 68.1 Å². The fourth-order valence-electron chi connectivity index (χ4n) is 3.17. The Morgan fingerprint density at radius 3 is 2.86 bits per heavy atom. The molecule has 1 aromatic heterocycles. The van der Waals surface area contributed by atoms with Gasteiger partial charge >= 0.3 is 0 Å². The fourth-order valence-corrected chi connectivity index (χ4v) is 3.17. The van der Waals surface area contributed by atoms with E-state index in [1.165, 1.54) is 38.2 Å². The number of nitrogens with zero attached hydrogens (tertiary/aromatic N) is 2. The van der Waals surface area contributed by atoms with Crippen LogP contribution < -0.4 is 5.32 Å². The summed E-state index contributed by atoms with van der Waals surface area (Å²) in [6.45, 7) is 0.909. The number of para-hydroxylation sites is 1. The van der Waals surface area contributed by atoms with Crippen molar-refractivity contribution in [1.29, 1.82) is 0 Å². The lowest BCUT2D eigenvalue weighted by molar-refractivity contribution is -0.383. The van der Waals surface area contributed by atoms with E-state index in [9.17, 15) is 10.1 Å². The molecule has 5 nitrogen and oxygen atoms in total. The zero-order chi connectivity index (χ0) is 14.7. The Balaban J connectivity index is 1.78. The highest BCUT2D eigenvalue weighted by molar-refractivity contribution is 5.96. The molecule has 0 spiro atoms. The number of pyridine rings is 1. The van der Waals surface area contributed by atoms with Crippen LogP contribution in [0.5, 0.6) is 0 Å². The normalized spacial score (nSPS) is 15.4. The minimum atomic E-state index is -0.377. The molecule has 0 radical (unpaired) electrons. The van der Waals surface area contributed by atoms with E-state index in [1.54, 1.807) is 12.3 Å². The van der Waals surface area contributed by atoms with E-state index in [2.05, 4.69) is 10.3 Å². The van der Waals surface area contributed by atoms with Crippen LogP contribution in [0.1, 0.15) is 32.1 Å². The molecule has 1 aliphatic carbocycles. The number of nitro groups is 1. The number of non-ortho nitro benzene ring substituents is 1. The number of nitro benzene ring substituents is 1. The lowest BCUT2D eigenvalue weighted by atomic mass is 10.0. The molecule has 0 amide bonds. The first-order valence-corrected chi connectivity index (χ1v) is 7.51. The van der Waals surface area contributed by atoms with Gasteiger partial charge in [-0.1, -0.05) is 37.8 Å². The highest BCUT2D eigenvalue weighted by Gasteiger charge is 2.16. The summed E-state index contributed by atoms with van der Waals surface area (Å²) < 4.78 is 0. The number of aromatic nitrogens is 1. The van der Waals surface area contributed by atoms with Crippen LogP contribution in [-0.2, 0) is 0 Å². The molecular weight excluding hydrogens is 266 g/mol. The van der Waals surface area contributed by atoms with Gasteiger partial charge in [0.15, 0.2) is 0 Å². The largest absolute Gasteiger partial charge is 0.384 e. The van der Waals surface area contributed by atoms with Crippen molar-refractivity contribution in [3.63, 3.8) is 0 Å². The molecule has 1 heterocycles. The number of anilines is 1. The van der Waals surface area contributed by atoms with E-state index in [-0.39, 0.29) is 10.6 Å². The van der Waals surface area contributed by atoms with Crippen molar-refractivity contribution >= 4 is 22.3 Å². The molecule has 0 atom stereocenters. The summed E-state index contributed by atoms with van der Waals surface area (Å²) in [5.41, 5.74) is 1.45. The summed E-state index contributed by atoms with van der Waals surface area (Å²) in [5, 5.41) is 15.3. The number of rotatable bonds is 5. The highest BCUT2D eigenvalue weighted by atomic mass is 16.6. The van der Waals surface area contributed by atoms with Gasteiger partial charge in [0.1, 0.15) is 5.52 Å². The molecular formula is C16H19N3O2. The summed E-state index contributed by atoms with van der Waals surface area (Å²) in [6.07, 6.45) is 8.19. The predicted octanol–water partition coefficient (Wildman–Crippen LogP) is 4.14. The Bertz CT molecular complexity index is 651. The summed E-state index contributed by atoms with van der Waals surface area (Å²) in [6, 6.07) is 6.98. The lowest BCUT2D eigenvalue weighted by Gasteiger charge is -2.12. The first-order chi connectivity index (χ1) is 10.3. The average Bonchev–Trinajstić information content (AvgIpc) is 3.00. The van der Waals surface area contributed by atoms with E-state index >= 15 is 0 Å². The Hall–Kier alpha value is -2.17. The number of hydrogen-bond acceptors (Lipinski definition) is 4. The Morgan fingerprint density at radius 2 is 2.10 bits per heavy atom. The third-order valence-corrected chi connectivity index (χ3v) is 4.29. The molecule has 5 heteroatoms. The van der Waals surface area contributed by atoms with Crippen LogP contribution in [-0.4, -0.2) is 16.5 Å². The van der Waals surface area contributed by atoms with Crippen molar-refractivity contribution < 1.29 is 4.92 Å². The first kappa shape index (κ1) is 13.8. The van der Waals surface area contributed by atoms with Gasteiger partial charge in [-0.15, -0.1) is 0 Å². The van der Waals surface area contributed by atoms with Crippen LogP contribution in [0, 0.1) is 16.0 Å². The number of fused-ring (bicyclic) bond motifs is 1. The minimum absolute atomic E-state index is 0.0620. The van der Waals surface area contributed by atoms with Crippen molar-refractivity contribution in [2.75, 3.05) is 11.9 Å². The van der Waals surface area contributed by atoms with Crippen LogP contribution in [0.2, 0.25) is 0 Å². The smallest absolute Gasteiger partial charge is 0.295 e. The maximum absolute atomic E-state index is 11.1. The van der Waals surface area contributed by atoms with E-state index in [0.29, 0.717) is 5.52 Å². The molecule has 0 saturated heterocycles. The zero-order valence-corrected chi connectivity index (χ0v) is 11.9. The SMILES string of the molecule is O=[N+]([O-])c1cccc2c(NCCC3CCCC3)ccnc12. The van der Waals surface area contributed by atoms with E-state index in [4.69, 9.17) is 0 Å². The molecule has 110 valence electrons. The summed E-state index contributed by atoms with van der Waals surface area (Å²) >= 11 is 0. The van der Waals surface area contributed by atoms with Gasteiger partial charge in [-0.05, 0) is 18.4 Å². The van der Waals surface area contributed by atoms with Crippen molar-refractivity contribution in [2.24, 2.45) is 5.92 Å². The van der Waals surface area contributed by atoms with Crippen molar-refractivity contribution in [3.8, 4) is 0 Å². The van der Waals surface area contributed by atoms with Crippen LogP contribution in [0.15, 0.2) is 30.5 Å². The molecule has 21 heavy (non-hydrogen) atoms. The molecule has 3 rings (SSSR count). The van der Waals surface area contributed by atoms with E-state index < -0.39 is 0 Å². The van der Waals surface area contributed by atoms with Gasteiger partial charge in [0.05, 0.1) is 4.92 Å². The fraction of sp³-hybridized carbons (Fsp3) is 0.438. The Morgan fingerprint density at radius 1 is 1.29 bits per heavy atom. The maximum Gasteiger partial charge on any atom is 0.295 e. The minimum Gasteiger partial charge on any atom is -0.384 e. The molecule has 1 aromatic carbocycles. The third-order valence-electron chi connectivity index (χ3n) is 4.29. The second-order valence-corrected chi connectivity index (χ2v) is 5.65. The summed E-state index contributed by atoms with van der Waals surface area (Å²) in [4.78, 5) is 14.8. The second kappa shape index (κ2) is 6.08. The molecule has 1 saturated carbocycles. The summed E-state index contributed by atoms with van der Waals surface area (Å²) in [5.74, 6) is 0.833. The van der Waals surface area contributed by atoms with Crippen molar-refractivity contribution in [2.45, 2.75) is 32.1 Å². The molecule has 0 bridgehead atoms. The molecule has 1 aliphatic rings. The van der Waals surface area contributed by atoms with Gasteiger partial charge in [-0.3, -0.25) is 10.1 Å². The van der Waals surface area contributed by atoms with Gasteiger partial charge in [0.2, 0.25) is 0 Å². The van der Waals surface area contributed by atoms with Crippen molar-refractivity contribution in [3.05, 3.63) is 40.6 Å². The molecule has 1 fully saturated rings. The third kappa shape index (κ3) is 2.96. The lowest BCUT2D eigenvalue weighted by Crippen LogP contribution is -2.07. The van der Waals surface area contributed by atoms with E-state index in [1.807, 2.05) is 12.1 Å². The zero-order valence-electron chi connectivity index (χ0n) is 11.9. The van der Waals surface area contributed by atoms with Gasteiger partial charge < -0.3 is 5.32 Å². The van der Waals surface area contributed by atoms with Crippen LogP contribution in [0.4, 0.5) is 11.4 Å². The summed E-state index contributed by atoms with van der Waals surface area (Å²) in [7, 11) is 0. The average molecular weight is 285 g/mol. The van der Waals surface area contributed by atoms with Gasteiger partial charge in [-0.2, -0.15) is 0 Å². The molecule has 2 aromatic rings. The van der Waals surface area contributed by atoms with Crippen molar-refractivity contribution in [1.82, 2.24) is 4.98 Å². The molecule has 1 N–H and O–H groups in total. The Kier molecular flexibility index (Phi) is 3.99. The first-order valence-electron chi connectivity index (χ1n) is 7.51. The number of benzene rings is 1. The van der Waals surface area contributed by atoms with Gasteiger partial charge in [0, 0.05) is 29.9 Å². The standard InChI is InChI=1S/C16H19N3O2/c20-19(21)15-7-3-6-13-14(9-11-18-16(13)15)17-10-8-12-4-1-2-5-12/h3,6-7,9,11-12H,1-2,4-5,8,10H2,(H,17,18). The second-order valence-electron chi connectivity index (χ2n) is 5.65. The quantitative estimate of drug-likeness (QED) is 0.662. The Labute approximate surface area is 123 Å². The van der Waals surface area contributed by atoms with Crippen LogP contribution in [0.25, 0.3) is 10.9 Å².